The lowest BCUT2D eigenvalue weighted by Crippen LogP contribution is -2.29. The summed E-state index contributed by atoms with van der Waals surface area (Å²) in [4.78, 5) is 11.8. The molecule has 6 nitrogen and oxygen atoms in total. The Morgan fingerprint density at radius 3 is 2.86 bits per heavy atom. The van der Waals surface area contributed by atoms with Crippen LogP contribution in [0.1, 0.15) is 19.8 Å². The van der Waals surface area contributed by atoms with Crippen molar-refractivity contribution in [3.8, 4) is 0 Å². The molecule has 1 N–H and O–H groups in total. The number of hydrogen-bond acceptors (Lipinski definition) is 6. The molecule has 1 aliphatic rings. The summed E-state index contributed by atoms with van der Waals surface area (Å²) >= 11 is 0.936. The largest absolute Gasteiger partial charge is 0.269 e. The summed E-state index contributed by atoms with van der Waals surface area (Å²) < 4.78 is 34.6. The normalized spacial score (nSPS) is 16.1. The highest BCUT2D eigenvalue weighted by Crippen LogP contribution is 2.35. The molecule has 0 unspecified atom stereocenters. The van der Waals surface area contributed by atoms with Gasteiger partial charge in [0.2, 0.25) is 0 Å². The molecule has 0 spiro atoms. The molecule has 1 heterocycles. The van der Waals surface area contributed by atoms with Crippen molar-refractivity contribution in [3.63, 3.8) is 0 Å². The highest BCUT2D eigenvalue weighted by atomic mass is 32.2. The SMILES string of the molecule is C/C(=C\C(=O)NS(=O)(=O)c1cccc2nsnc12)C1CC1. The molecular weight excluding hydrogens is 310 g/mol. The van der Waals surface area contributed by atoms with E-state index in [1.807, 2.05) is 6.92 Å². The number of sulfonamides is 1. The van der Waals surface area contributed by atoms with Crippen LogP contribution in [0.4, 0.5) is 0 Å². The van der Waals surface area contributed by atoms with E-state index >= 15 is 0 Å². The lowest BCUT2D eigenvalue weighted by atomic mass is 10.2. The second-order valence-electron chi connectivity index (χ2n) is 5.02. The van der Waals surface area contributed by atoms with Crippen molar-refractivity contribution in [1.29, 1.82) is 0 Å². The van der Waals surface area contributed by atoms with Crippen LogP contribution in [-0.4, -0.2) is 23.1 Å². The van der Waals surface area contributed by atoms with Crippen LogP contribution < -0.4 is 4.72 Å². The molecule has 3 rings (SSSR count). The fourth-order valence-corrected chi connectivity index (χ4v) is 3.78. The van der Waals surface area contributed by atoms with Crippen LogP contribution in [0.15, 0.2) is 34.7 Å². The maximum absolute atomic E-state index is 12.3. The quantitative estimate of drug-likeness (QED) is 0.867. The third-order valence-electron chi connectivity index (χ3n) is 3.35. The van der Waals surface area contributed by atoms with E-state index in [4.69, 9.17) is 0 Å². The van der Waals surface area contributed by atoms with Gasteiger partial charge in [-0.25, -0.2) is 13.1 Å². The molecule has 2 aromatic rings. The highest BCUT2D eigenvalue weighted by Gasteiger charge is 2.25. The van der Waals surface area contributed by atoms with Crippen LogP contribution >= 0.6 is 11.7 Å². The molecule has 110 valence electrons. The number of benzene rings is 1. The van der Waals surface area contributed by atoms with E-state index in [2.05, 4.69) is 13.5 Å². The minimum Gasteiger partial charge on any atom is -0.269 e. The minimum absolute atomic E-state index is 0.0282. The van der Waals surface area contributed by atoms with E-state index < -0.39 is 15.9 Å². The Bertz CT molecular complexity index is 835. The fourth-order valence-electron chi connectivity index (χ4n) is 2.08. The zero-order chi connectivity index (χ0) is 15.0. The van der Waals surface area contributed by atoms with Gasteiger partial charge in [-0.05, 0) is 37.8 Å². The molecule has 1 aromatic carbocycles. The molecule has 21 heavy (non-hydrogen) atoms. The van der Waals surface area contributed by atoms with Crippen LogP contribution in [0.2, 0.25) is 0 Å². The van der Waals surface area contributed by atoms with Gasteiger partial charge in [-0.2, -0.15) is 8.75 Å². The van der Waals surface area contributed by atoms with Crippen LogP contribution in [0.3, 0.4) is 0 Å². The van der Waals surface area contributed by atoms with Gasteiger partial charge in [0, 0.05) is 6.08 Å². The zero-order valence-corrected chi connectivity index (χ0v) is 12.9. The monoisotopic (exact) mass is 323 g/mol. The summed E-state index contributed by atoms with van der Waals surface area (Å²) in [6.07, 6.45) is 3.48. The lowest BCUT2D eigenvalue weighted by molar-refractivity contribution is -0.114. The standard InChI is InChI=1S/C13H13N3O3S2/c1-8(9-5-6-9)7-12(17)16-21(18,19)11-4-2-3-10-13(11)15-20-14-10/h2-4,7,9H,5-6H2,1H3,(H,16,17)/b8-7+. The second-order valence-corrected chi connectivity index (χ2v) is 7.20. The fraction of sp³-hybridized carbons (Fsp3) is 0.308. The van der Waals surface area contributed by atoms with Gasteiger partial charge in [0.1, 0.15) is 15.9 Å². The first-order valence-electron chi connectivity index (χ1n) is 6.43. The van der Waals surface area contributed by atoms with Crippen molar-refractivity contribution in [2.24, 2.45) is 5.92 Å². The number of hydrogen-bond donors (Lipinski definition) is 1. The average Bonchev–Trinajstić information content (AvgIpc) is 3.15. The Morgan fingerprint density at radius 1 is 1.38 bits per heavy atom. The Balaban J connectivity index is 1.88. The number of aromatic nitrogens is 2. The van der Waals surface area contributed by atoms with E-state index in [9.17, 15) is 13.2 Å². The van der Waals surface area contributed by atoms with Gasteiger partial charge in [-0.15, -0.1) is 0 Å². The average molecular weight is 323 g/mol. The first-order valence-corrected chi connectivity index (χ1v) is 8.65. The molecule has 0 aliphatic heterocycles. The van der Waals surface area contributed by atoms with Crippen molar-refractivity contribution >= 4 is 38.7 Å². The summed E-state index contributed by atoms with van der Waals surface area (Å²) in [7, 11) is -3.95. The number of nitrogens with one attached hydrogen (secondary N) is 1. The number of fused-ring (bicyclic) bond motifs is 1. The molecule has 0 radical (unpaired) electrons. The van der Waals surface area contributed by atoms with Crippen molar-refractivity contribution < 1.29 is 13.2 Å². The summed E-state index contributed by atoms with van der Waals surface area (Å²) in [6.45, 7) is 1.84. The van der Waals surface area contributed by atoms with Crippen LogP contribution in [0.25, 0.3) is 11.0 Å². The topological polar surface area (TPSA) is 89.0 Å². The number of rotatable bonds is 4. The molecular formula is C13H13N3O3S2. The first kappa shape index (κ1) is 14.2. The summed E-state index contributed by atoms with van der Waals surface area (Å²) in [6, 6.07) is 4.67. The number of carbonyl (C=O) groups excluding carboxylic acids is 1. The molecule has 1 fully saturated rings. The Hall–Kier alpha value is -1.80. The van der Waals surface area contributed by atoms with Crippen molar-refractivity contribution in [2.75, 3.05) is 0 Å². The van der Waals surface area contributed by atoms with Crippen LogP contribution in [0.5, 0.6) is 0 Å². The molecule has 0 atom stereocenters. The third-order valence-corrected chi connectivity index (χ3v) is 5.27. The van der Waals surface area contributed by atoms with Gasteiger partial charge in [0.15, 0.2) is 0 Å². The van der Waals surface area contributed by atoms with Gasteiger partial charge >= 0.3 is 0 Å². The summed E-state index contributed by atoms with van der Waals surface area (Å²) in [5.74, 6) is -0.204. The smallest absolute Gasteiger partial charge is 0.266 e. The third kappa shape index (κ3) is 2.96. The Morgan fingerprint density at radius 2 is 2.14 bits per heavy atom. The van der Waals surface area contributed by atoms with Crippen molar-refractivity contribution in [2.45, 2.75) is 24.7 Å². The van der Waals surface area contributed by atoms with E-state index in [1.54, 1.807) is 12.1 Å². The van der Waals surface area contributed by atoms with Gasteiger partial charge in [-0.3, -0.25) is 4.79 Å². The molecule has 8 heteroatoms. The molecule has 1 aliphatic carbocycles. The number of amides is 1. The van der Waals surface area contributed by atoms with Gasteiger partial charge < -0.3 is 0 Å². The maximum Gasteiger partial charge on any atom is 0.266 e. The Labute approximate surface area is 126 Å². The van der Waals surface area contributed by atoms with E-state index in [1.165, 1.54) is 12.1 Å². The van der Waals surface area contributed by atoms with Crippen molar-refractivity contribution in [3.05, 3.63) is 29.8 Å². The van der Waals surface area contributed by atoms with Gasteiger partial charge in [0.05, 0.1) is 11.7 Å². The lowest BCUT2D eigenvalue weighted by Gasteiger charge is -2.05. The molecule has 1 aromatic heterocycles. The van der Waals surface area contributed by atoms with Crippen LogP contribution in [-0.2, 0) is 14.8 Å². The highest BCUT2D eigenvalue weighted by molar-refractivity contribution is 7.90. The predicted molar refractivity (Wildman–Crippen MR) is 79.2 cm³/mol. The summed E-state index contributed by atoms with van der Waals surface area (Å²) in [5.41, 5.74) is 1.70. The second kappa shape index (κ2) is 5.19. The number of nitrogens with zero attached hydrogens (tertiary/aromatic N) is 2. The van der Waals surface area contributed by atoms with Crippen LogP contribution in [0, 0.1) is 5.92 Å². The van der Waals surface area contributed by atoms with Crippen molar-refractivity contribution in [1.82, 2.24) is 13.5 Å². The van der Waals surface area contributed by atoms with Gasteiger partial charge in [-0.1, -0.05) is 11.6 Å². The number of carbonyl (C=O) groups is 1. The van der Waals surface area contributed by atoms with E-state index in [0.717, 1.165) is 30.1 Å². The Kier molecular flexibility index (Phi) is 3.50. The molecule has 0 saturated heterocycles. The minimum atomic E-state index is -3.95. The first-order chi connectivity index (χ1) is 9.97. The van der Waals surface area contributed by atoms with E-state index in [0.29, 0.717) is 11.4 Å². The molecule has 1 saturated carbocycles. The summed E-state index contributed by atoms with van der Waals surface area (Å²) in [5, 5.41) is 0. The van der Waals surface area contributed by atoms with E-state index in [-0.39, 0.29) is 10.4 Å². The zero-order valence-electron chi connectivity index (χ0n) is 11.2. The van der Waals surface area contributed by atoms with Gasteiger partial charge in [0.25, 0.3) is 15.9 Å². The molecule has 0 bridgehead atoms. The number of allylic oxidation sites excluding steroid dienone is 1. The maximum atomic E-state index is 12.3. The predicted octanol–water partition coefficient (Wildman–Crippen LogP) is 1.85. The molecule has 1 amide bonds.